The van der Waals surface area contributed by atoms with Gasteiger partial charge in [-0.25, -0.2) is 0 Å². The Labute approximate surface area is 99.7 Å². The molecular formula is C8H19O2PS3. The van der Waals surface area contributed by atoms with E-state index in [0.717, 1.165) is 23.0 Å². The molecule has 0 spiro atoms. The zero-order valence-corrected chi connectivity index (χ0v) is 12.4. The largest absolute Gasteiger partial charge is 0.314 e. The summed E-state index contributed by atoms with van der Waals surface area (Å²) < 4.78 is 17.5. The highest BCUT2D eigenvalue weighted by molar-refractivity contribution is 8.89. The molecule has 0 aliphatic rings. The lowest BCUT2D eigenvalue weighted by Gasteiger charge is -2.15. The van der Waals surface area contributed by atoms with Crippen LogP contribution in [0.2, 0.25) is 0 Å². The van der Waals surface area contributed by atoms with Crippen LogP contribution in [-0.2, 0) is 9.09 Å². The second-order valence-electron chi connectivity index (χ2n) is 2.44. The molecule has 2 nitrogen and oxygen atoms in total. The lowest BCUT2D eigenvalue weighted by atomic mass is 10.6. The molecule has 0 fully saturated rings. The molecule has 0 heterocycles. The highest BCUT2D eigenvalue weighted by Crippen LogP contribution is 2.70. The minimum absolute atomic E-state index is 0.539. The standard InChI is InChI=1S/C8H19O2PS3/c1-4-7-13-11(9,10-5-2)14-8-12-6-3/h4-8H2,1-3H3. The third-order valence-electron chi connectivity index (χ3n) is 1.24. The Morgan fingerprint density at radius 3 is 2.43 bits per heavy atom. The molecular weight excluding hydrogens is 255 g/mol. The zero-order chi connectivity index (χ0) is 10.9. The van der Waals surface area contributed by atoms with Crippen molar-refractivity contribution in [3.8, 4) is 0 Å². The van der Waals surface area contributed by atoms with Gasteiger partial charge in [-0.15, -0.1) is 0 Å². The van der Waals surface area contributed by atoms with Gasteiger partial charge in [0, 0.05) is 10.8 Å². The molecule has 1 unspecified atom stereocenters. The van der Waals surface area contributed by atoms with Crippen molar-refractivity contribution in [2.45, 2.75) is 27.2 Å². The molecule has 0 aromatic heterocycles. The van der Waals surface area contributed by atoms with Gasteiger partial charge in [0.15, 0.2) is 0 Å². The van der Waals surface area contributed by atoms with E-state index in [1.807, 2.05) is 6.92 Å². The molecule has 0 saturated carbocycles. The Balaban J connectivity index is 3.89. The van der Waals surface area contributed by atoms with Crippen molar-refractivity contribution >= 4 is 40.3 Å². The Kier molecular flexibility index (Phi) is 10.3. The van der Waals surface area contributed by atoms with Gasteiger partial charge in [0.05, 0.1) is 6.61 Å². The minimum atomic E-state index is -2.45. The van der Waals surface area contributed by atoms with Crippen LogP contribution in [0.4, 0.5) is 0 Å². The van der Waals surface area contributed by atoms with E-state index in [9.17, 15) is 4.57 Å². The van der Waals surface area contributed by atoms with E-state index in [0.29, 0.717) is 6.61 Å². The van der Waals surface area contributed by atoms with Crippen LogP contribution in [0.15, 0.2) is 0 Å². The number of hydrogen-bond donors (Lipinski definition) is 0. The van der Waals surface area contributed by atoms with Crippen molar-refractivity contribution < 1.29 is 9.09 Å². The second-order valence-corrected chi connectivity index (χ2v) is 11.6. The molecule has 0 aliphatic heterocycles. The van der Waals surface area contributed by atoms with Crippen LogP contribution in [0, 0.1) is 0 Å². The van der Waals surface area contributed by atoms with Gasteiger partial charge < -0.3 is 4.52 Å². The van der Waals surface area contributed by atoms with Crippen molar-refractivity contribution in [1.82, 2.24) is 0 Å². The third kappa shape index (κ3) is 7.52. The number of thioether (sulfide) groups is 1. The quantitative estimate of drug-likeness (QED) is 0.344. The maximum absolute atomic E-state index is 12.1. The molecule has 0 amide bonds. The summed E-state index contributed by atoms with van der Waals surface area (Å²) in [4.78, 5) is 0. The molecule has 14 heavy (non-hydrogen) atoms. The van der Waals surface area contributed by atoms with Crippen molar-refractivity contribution in [2.24, 2.45) is 0 Å². The Morgan fingerprint density at radius 2 is 1.93 bits per heavy atom. The number of rotatable bonds is 9. The summed E-state index contributed by atoms with van der Waals surface area (Å²) in [6.45, 7) is 6.63. The van der Waals surface area contributed by atoms with E-state index in [1.165, 1.54) is 22.8 Å². The lowest BCUT2D eigenvalue weighted by Crippen LogP contribution is -1.85. The average Bonchev–Trinajstić information content (AvgIpc) is 2.16. The second kappa shape index (κ2) is 9.46. The Bertz CT molecular complexity index is 178. The molecule has 0 N–H and O–H groups in total. The first-order valence-corrected chi connectivity index (χ1v) is 10.8. The van der Waals surface area contributed by atoms with Crippen LogP contribution in [0.3, 0.4) is 0 Å². The molecule has 6 heteroatoms. The van der Waals surface area contributed by atoms with Gasteiger partial charge in [0.2, 0.25) is 0 Å². The molecule has 0 aliphatic carbocycles. The van der Waals surface area contributed by atoms with Crippen molar-refractivity contribution in [3.63, 3.8) is 0 Å². The average molecular weight is 274 g/mol. The van der Waals surface area contributed by atoms with Gasteiger partial charge in [-0.3, -0.25) is 4.57 Å². The van der Waals surface area contributed by atoms with Crippen molar-refractivity contribution in [1.29, 1.82) is 0 Å². The van der Waals surface area contributed by atoms with Crippen LogP contribution in [0.1, 0.15) is 27.2 Å². The minimum Gasteiger partial charge on any atom is -0.314 e. The Hall–Kier alpha value is 1.24. The molecule has 0 aromatic carbocycles. The van der Waals surface area contributed by atoms with Gasteiger partial charge >= 0.3 is 5.77 Å². The maximum atomic E-state index is 12.1. The SMILES string of the molecule is CCCSP(=O)(OCC)SCSCC. The fourth-order valence-electron chi connectivity index (χ4n) is 0.658. The molecule has 0 bridgehead atoms. The fourth-order valence-corrected chi connectivity index (χ4v) is 9.94. The molecule has 86 valence electrons. The van der Waals surface area contributed by atoms with Crippen LogP contribution in [-0.4, -0.2) is 23.2 Å². The van der Waals surface area contributed by atoms with E-state index in [4.69, 9.17) is 4.52 Å². The third-order valence-corrected chi connectivity index (χ3v) is 10.5. The summed E-state index contributed by atoms with van der Waals surface area (Å²) in [5.41, 5.74) is 0. The summed E-state index contributed by atoms with van der Waals surface area (Å²) >= 11 is 4.75. The van der Waals surface area contributed by atoms with E-state index in [1.54, 1.807) is 11.8 Å². The van der Waals surface area contributed by atoms with Gasteiger partial charge in [-0.05, 0) is 30.5 Å². The van der Waals surface area contributed by atoms with E-state index in [-0.39, 0.29) is 0 Å². The molecule has 1 atom stereocenters. The van der Waals surface area contributed by atoms with Gasteiger partial charge in [0.1, 0.15) is 0 Å². The topological polar surface area (TPSA) is 26.3 Å². The van der Waals surface area contributed by atoms with E-state index >= 15 is 0 Å². The summed E-state index contributed by atoms with van der Waals surface area (Å²) in [5.74, 6) is -0.468. The summed E-state index contributed by atoms with van der Waals surface area (Å²) in [6, 6.07) is 0. The lowest BCUT2D eigenvalue weighted by molar-refractivity contribution is 0.357. The monoisotopic (exact) mass is 274 g/mol. The first kappa shape index (κ1) is 15.2. The summed E-state index contributed by atoms with van der Waals surface area (Å²) in [7, 11) is 0. The van der Waals surface area contributed by atoms with Crippen LogP contribution < -0.4 is 0 Å². The van der Waals surface area contributed by atoms with Crippen molar-refractivity contribution in [3.05, 3.63) is 0 Å². The first-order valence-electron chi connectivity index (χ1n) is 4.79. The van der Waals surface area contributed by atoms with E-state index < -0.39 is 5.77 Å². The highest BCUT2D eigenvalue weighted by Gasteiger charge is 2.23. The van der Waals surface area contributed by atoms with Crippen molar-refractivity contribution in [2.75, 3.05) is 23.2 Å². The summed E-state index contributed by atoms with van der Waals surface area (Å²) in [5, 5.41) is 0.866. The summed E-state index contributed by atoms with van der Waals surface area (Å²) in [6.07, 6.45) is 1.04. The van der Waals surface area contributed by atoms with Gasteiger partial charge in [-0.1, -0.05) is 25.2 Å². The van der Waals surface area contributed by atoms with Crippen LogP contribution in [0.5, 0.6) is 0 Å². The van der Waals surface area contributed by atoms with Crippen LogP contribution >= 0.6 is 40.3 Å². The molecule has 0 aromatic rings. The maximum Gasteiger partial charge on any atom is 0.313 e. The molecule has 0 radical (unpaired) electrons. The smallest absolute Gasteiger partial charge is 0.313 e. The zero-order valence-electron chi connectivity index (χ0n) is 9.02. The first-order chi connectivity index (χ1) is 6.68. The molecule has 0 rings (SSSR count). The predicted molar refractivity (Wildman–Crippen MR) is 72.6 cm³/mol. The fraction of sp³-hybridized carbons (Fsp3) is 1.00. The number of hydrogen-bond acceptors (Lipinski definition) is 5. The van der Waals surface area contributed by atoms with Gasteiger partial charge in [-0.2, -0.15) is 11.8 Å². The van der Waals surface area contributed by atoms with Crippen LogP contribution in [0.25, 0.3) is 0 Å². The van der Waals surface area contributed by atoms with E-state index in [2.05, 4.69) is 13.8 Å². The van der Waals surface area contributed by atoms with Gasteiger partial charge in [0.25, 0.3) is 0 Å². The normalized spacial score (nSPS) is 15.4. The predicted octanol–water partition coefficient (Wildman–Crippen LogP) is 4.72. The Morgan fingerprint density at radius 1 is 1.21 bits per heavy atom. The highest BCUT2D eigenvalue weighted by atomic mass is 33.1. The molecule has 0 saturated heterocycles.